The summed E-state index contributed by atoms with van der Waals surface area (Å²) in [6, 6.07) is 6.61. The molecule has 1 aliphatic heterocycles. The predicted octanol–water partition coefficient (Wildman–Crippen LogP) is 1.68. The van der Waals surface area contributed by atoms with Crippen molar-refractivity contribution in [2.24, 2.45) is 4.99 Å². The van der Waals surface area contributed by atoms with E-state index in [1.54, 1.807) is 0 Å². The van der Waals surface area contributed by atoms with Gasteiger partial charge >= 0.3 is 5.97 Å². The number of benzene rings is 1. The van der Waals surface area contributed by atoms with Crippen molar-refractivity contribution < 1.29 is 14.6 Å². The van der Waals surface area contributed by atoms with Gasteiger partial charge in [0.2, 0.25) is 5.90 Å². The molecule has 0 saturated heterocycles. The van der Waals surface area contributed by atoms with Gasteiger partial charge in [-0.3, -0.25) is 0 Å². The van der Waals surface area contributed by atoms with E-state index in [9.17, 15) is 4.79 Å². The lowest BCUT2D eigenvalue weighted by molar-refractivity contribution is -0.138. The molecule has 0 amide bonds. The first-order valence-electron chi connectivity index (χ1n) is 4.36. The minimum absolute atomic E-state index is 0.108. The normalized spacial score (nSPS) is 19.5. The fraction of sp³-hybridized carbons (Fsp3) is 0.200. The number of hydrogen-bond donors (Lipinski definition) is 1. The molecule has 0 radical (unpaired) electrons. The van der Waals surface area contributed by atoms with Crippen LogP contribution in [0.4, 0.5) is 0 Å². The maximum absolute atomic E-state index is 10.6. The van der Waals surface area contributed by atoms with Crippen molar-refractivity contribution in [1.82, 2.24) is 0 Å². The molecular weight excluding hydrogens is 262 g/mol. The first-order chi connectivity index (χ1) is 7.16. The first-order valence-corrected chi connectivity index (χ1v) is 5.15. The number of aliphatic imine (C=N–C) groups is 1. The van der Waals surface area contributed by atoms with E-state index in [-0.39, 0.29) is 6.61 Å². The summed E-state index contributed by atoms with van der Waals surface area (Å²) < 4.78 is 6.12. The van der Waals surface area contributed by atoms with Crippen LogP contribution in [0.5, 0.6) is 0 Å². The Labute approximate surface area is 94.7 Å². The summed E-state index contributed by atoms with van der Waals surface area (Å²) in [4.78, 5) is 14.6. The van der Waals surface area contributed by atoms with Crippen molar-refractivity contribution in [3.8, 4) is 0 Å². The summed E-state index contributed by atoms with van der Waals surface area (Å²) in [5, 5.41) is 8.74. The van der Waals surface area contributed by atoms with Crippen LogP contribution in [0.25, 0.3) is 0 Å². The molecule has 1 N–H and O–H groups in total. The van der Waals surface area contributed by atoms with Crippen LogP contribution in [0, 0.1) is 0 Å². The number of carbonyl (C=O) groups is 1. The number of nitrogens with zero attached hydrogens (tertiary/aromatic N) is 1. The lowest BCUT2D eigenvalue weighted by Crippen LogP contribution is -2.18. The maximum atomic E-state index is 10.6. The van der Waals surface area contributed by atoms with Crippen molar-refractivity contribution in [2.75, 3.05) is 6.61 Å². The zero-order valence-corrected chi connectivity index (χ0v) is 9.27. The molecule has 5 heteroatoms. The van der Waals surface area contributed by atoms with Crippen molar-refractivity contribution in [3.05, 3.63) is 34.3 Å². The van der Waals surface area contributed by atoms with Gasteiger partial charge in [-0.2, -0.15) is 0 Å². The Morgan fingerprint density at radius 2 is 2.40 bits per heavy atom. The average molecular weight is 270 g/mol. The fourth-order valence-corrected chi connectivity index (χ4v) is 1.68. The number of hydrogen-bond acceptors (Lipinski definition) is 3. The van der Waals surface area contributed by atoms with Crippen LogP contribution < -0.4 is 0 Å². The second kappa shape index (κ2) is 4.02. The second-order valence-corrected chi connectivity index (χ2v) is 4.03. The molecule has 1 unspecified atom stereocenters. The van der Waals surface area contributed by atoms with Crippen LogP contribution in [0.3, 0.4) is 0 Å². The summed E-state index contributed by atoms with van der Waals surface area (Å²) in [5.41, 5.74) is 0.785. The van der Waals surface area contributed by atoms with E-state index in [1.807, 2.05) is 24.3 Å². The Hall–Kier alpha value is -1.36. The molecule has 2 rings (SSSR count). The highest BCUT2D eigenvalue weighted by molar-refractivity contribution is 9.10. The number of aliphatic carboxylic acids is 1. The molecule has 1 atom stereocenters. The molecule has 4 nitrogen and oxygen atoms in total. The van der Waals surface area contributed by atoms with Gasteiger partial charge in [0.25, 0.3) is 0 Å². The quantitative estimate of drug-likeness (QED) is 0.889. The smallest absolute Gasteiger partial charge is 0.332 e. The Kier molecular flexibility index (Phi) is 2.73. The Balaban J connectivity index is 2.26. The van der Waals surface area contributed by atoms with E-state index in [0.29, 0.717) is 5.90 Å². The van der Waals surface area contributed by atoms with Crippen LogP contribution in [0.1, 0.15) is 5.56 Å². The zero-order chi connectivity index (χ0) is 10.8. The van der Waals surface area contributed by atoms with Crippen LogP contribution in [0.2, 0.25) is 0 Å². The highest BCUT2D eigenvalue weighted by Gasteiger charge is 2.25. The van der Waals surface area contributed by atoms with Gasteiger partial charge in [0.1, 0.15) is 6.61 Å². The fourth-order valence-electron chi connectivity index (χ4n) is 1.28. The number of halogens is 1. The molecule has 1 heterocycles. The number of carboxylic acid groups (broad SMARTS) is 1. The Morgan fingerprint density at radius 1 is 1.60 bits per heavy atom. The van der Waals surface area contributed by atoms with Gasteiger partial charge in [-0.25, -0.2) is 9.79 Å². The van der Waals surface area contributed by atoms with Gasteiger partial charge in [0.15, 0.2) is 6.04 Å². The van der Waals surface area contributed by atoms with Gasteiger partial charge < -0.3 is 9.84 Å². The molecule has 0 fully saturated rings. The van der Waals surface area contributed by atoms with E-state index < -0.39 is 12.0 Å². The molecule has 78 valence electrons. The molecule has 0 aliphatic carbocycles. The Morgan fingerprint density at radius 3 is 3.00 bits per heavy atom. The van der Waals surface area contributed by atoms with E-state index in [1.165, 1.54) is 0 Å². The lowest BCUT2D eigenvalue weighted by Gasteiger charge is -2.00. The average Bonchev–Trinajstić information content (AvgIpc) is 2.66. The molecule has 0 spiro atoms. The third-order valence-corrected chi connectivity index (χ3v) is 2.50. The minimum Gasteiger partial charge on any atom is -0.480 e. The largest absolute Gasteiger partial charge is 0.480 e. The van der Waals surface area contributed by atoms with E-state index in [4.69, 9.17) is 9.84 Å². The van der Waals surface area contributed by atoms with Crippen molar-refractivity contribution in [2.45, 2.75) is 6.04 Å². The zero-order valence-electron chi connectivity index (χ0n) is 7.68. The topological polar surface area (TPSA) is 58.9 Å². The highest BCUT2D eigenvalue weighted by Crippen LogP contribution is 2.16. The molecule has 1 aliphatic rings. The summed E-state index contributed by atoms with van der Waals surface area (Å²) >= 11 is 3.33. The number of rotatable bonds is 2. The van der Waals surface area contributed by atoms with Gasteiger partial charge in [0.05, 0.1) is 0 Å². The SMILES string of the molecule is O=C(O)C1COC(c2cccc(Br)c2)=N1. The molecule has 1 aromatic carbocycles. The summed E-state index contributed by atoms with van der Waals surface area (Å²) in [6.45, 7) is 0.108. The molecular formula is C10H8BrNO3. The third-order valence-electron chi connectivity index (χ3n) is 2.01. The van der Waals surface area contributed by atoms with Crippen molar-refractivity contribution in [1.29, 1.82) is 0 Å². The van der Waals surface area contributed by atoms with Crippen LogP contribution in [-0.4, -0.2) is 29.6 Å². The van der Waals surface area contributed by atoms with E-state index >= 15 is 0 Å². The minimum atomic E-state index is -0.958. The second-order valence-electron chi connectivity index (χ2n) is 3.11. The molecule has 15 heavy (non-hydrogen) atoms. The number of ether oxygens (including phenoxy) is 1. The van der Waals surface area contributed by atoms with E-state index in [0.717, 1.165) is 10.0 Å². The number of carboxylic acids is 1. The van der Waals surface area contributed by atoms with Crippen LogP contribution in [-0.2, 0) is 9.53 Å². The lowest BCUT2D eigenvalue weighted by atomic mass is 10.2. The van der Waals surface area contributed by atoms with Crippen LogP contribution >= 0.6 is 15.9 Å². The maximum Gasteiger partial charge on any atom is 0.332 e. The van der Waals surface area contributed by atoms with Gasteiger partial charge in [-0.05, 0) is 18.2 Å². The monoisotopic (exact) mass is 269 g/mol. The summed E-state index contributed by atoms with van der Waals surface area (Å²) in [5.74, 6) is -0.566. The third kappa shape index (κ3) is 2.18. The summed E-state index contributed by atoms with van der Waals surface area (Å²) in [6.07, 6.45) is 0. The predicted molar refractivity (Wildman–Crippen MR) is 58.1 cm³/mol. The van der Waals surface area contributed by atoms with Gasteiger partial charge in [0, 0.05) is 10.0 Å². The Bertz CT molecular complexity index is 430. The van der Waals surface area contributed by atoms with Crippen molar-refractivity contribution in [3.63, 3.8) is 0 Å². The molecule has 0 saturated carbocycles. The van der Waals surface area contributed by atoms with Crippen molar-refractivity contribution >= 4 is 27.8 Å². The first kappa shape index (κ1) is 10.2. The van der Waals surface area contributed by atoms with Gasteiger partial charge in [-0.1, -0.05) is 22.0 Å². The van der Waals surface area contributed by atoms with E-state index in [2.05, 4.69) is 20.9 Å². The van der Waals surface area contributed by atoms with Crippen LogP contribution in [0.15, 0.2) is 33.7 Å². The van der Waals surface area contributed by atoms with Gasteiger partial charge in [-0.15, -0.1) is 0 Å². The molecule has 0 aromatic heterocycles. The molecule has 1 aromatic rings. The standard InChI is InChI=1S/C10H8BrNO3/c11-7-3-1-2-6(4-7)9-12-8(5-15-9)10(13)14/h1-4,8H,5H2,(H,13,14). The summed E-state index contributed by atoms with van der Waals surface area (Å²) in [7, 11) is 0. The highest BCUT2D eigenvalue weighted by atomic mass is 79.9. The molecule has 0 bridgehead atoms.